The molecule has 9 nitrogen and oxygen atoms in total. The Balaban J connectivity index is 0.00000200. The second-order valence-corrected chi connectivity index (χ2v) is 4.38. The van der Waals surface area contributed by atoms with Crippen molar-refractivity contribution in [1.82, 2.24) is 20.3 Å². The molecule has 2 rings (SSSR count). The summed E-state index contributed by atoms with van der Waals surface area (Å²) in [4.78, 5) is 22.0. The largest absolute Gasteiger partial charge is 0.481 e. The molecule has 10 heteroatoms. The average Bonchev–Trinajstić information content (AvgIpc) is 2.93. The molecule has 0 amide bonds. The number of aliphatic carboxylic acids is 2. The molecule has 1 aromatic rings. The van der Waals surface area contributed by atoms with Gasteiger partial charge < -0.3 is 20.6 Å². The van der Waals surface area contributed by atoms with Gasteiger partial charge in [0.15, 0.2) is 0 Å². The molecule has 1 aromatic heterocycles. The van der Waals surface area contributed by atoms with Crippen LogP contribution in [0.4, 0.5) is 0 Å². The molecule has 1 saturated heterocycles. The van der Waals surface area contributed by atoms with Crippen LogP contribution in [-0.2, 0) is 16.2 Å². The monoisotopic (exact) mass is 306 g/mol. The van der Waals surface area contributed by atoms with Crippen molar-refractivity contribution in [2.24, 2.45) is 5.92 Å². The maximum absolute atomic E-state index is 11.1. The van der Waals surface area contributed by atoms with Crippen LogP contribution in [0.25, 0.3) is 0 Å². The summed E-state index contributed by atoms with van der Waals surface area (Å²) in [7, 11) is 0. The predicted molar refractivity (Wildman–Crippen MR) is 67.4 cm³/mol. The molecule has 20 heavy (non-hydrogen) atoms. The fourth-order valence-electron chi connectivity index (χ4n) is 2.42. The van der Waals surface area contributed by atoms with E-state index < -0.39 is 29.9 Å². The van der Waals surface area contributed by atoms with E-state index in [4.69, 9.17) is 15.3 Å². The fraction of sp³-hybridized carbons (Fsp3) is 0.600. The van der Waals surface area contributed by atoms with Gasteiger partial charge in [-0.05, 0) is 0 Å². The topological polar surface area (TPSA) is 138 Å². The minimum Gasteiger partial charge on any atom is -0.481 e. The zero-order chi connectivity index (χ0) is 14.0. The lowest BCUT2D eigenvalue weighted by Crippen LogP contribution is -2.37. The molecule has 112 valence electrons. The number of aliphatic hydroxyl groups is 1. The Morgan fingerprint density at radius 2 is 2.15 bits per heavy atom. The zero-order valence-electron chi connectivity index (χ0n) is 10.3. The van der Waals surface area contributed by atoms with Crippen LogP contribution in [0.3, 0.4) is 0 Å². The van der Waals surface area contributed by atoms with Gasteiger partial charge in [0.2, 0.25) is 0 Å². The highest BCUT2D eigenvalue weighted by atomic mass is 35.5. The van der Waals surface area contributed by atoms with Crippen molar-refractivity contribution in [2.45, 2.75) is 25.1 Å². The average molecular weight is 307 g/mol. The van der Waals surface area contributed by atoms with Crippen molar-refractivity contribution in [2.75, 3.05) is 6.54 Å². The Morgan fingerprint density at radius 3 is 2.70 bits per heavy atom. The summed E-state index contributed by atoms with van der Waals surface area (Å²) in [5, 5.41) is 37.4. The summed E-state index contributed by atoms with van der Waals surface area (Å²) in [6.07, 6.45) is 1.07. The summed E-state index contributed by atoms with van der Waals surface area (Å²) in [6.45, 7) is -0.0215. The number of carboxylic acids is 2. The van der Waals surface area contributed by atoms with E-state index in [0.29, 0.717) is 5.69 Å². The molecule has 1 fully saturated rings. The van der Waals surface area contributed by atoms with Crippen molar-refractivity contribution in [1.29, 1.82) is 0 Å². The van der Waals surface area contributed by atoms with Crippen molar-refractivity contribution < 1.29 is 24.9 Å². The number of hydrogen-bond acceptors (Lipinski definition) is 6. The first kappa shape index (κ1) is 16.3. The van der Waals surface area contributed by atoms with Gasteiger partial charge in [0.1, 0.15) is 6.04 Å². The molecular weight excluding hydrogens is 292 g/mol. The second kappa shape index (κ2) is 6.64. The van der Waals surface area contributed by atoms with Crippen LogP contribution < -0.4 is 5.32 Å². The molecule has 0 radical (unpaired) electrons. The second-order valence-electron chi connectivity index (χ2n) is 4.38. The number of aliphatic hydroxyl groups excluding tert-OH is 1. The van der Waals surface area contributed by atoms with Gasteiger partial charge in [0.25, 0.3) is 0 Å². The van der Waals surface area contributed by atoms with E-state index in [9.17, 15) is 9.59 Å². The maximum atomic E-state index is 11.1. The minimum atomic E-state index is -1.10. The summed E-state index contributed by atoms with van der Waals surface area (Å²) in [6, 6.07) is -1.40. The van der Waals surface area contributed by atoms with Crippen LogP contribution >= 0.6 is 12.4 Å². The summed E-state index contributed by atoms with van der Waals surface area (Å²) < 4.78 is 1.39. The molecule has 2 heterocycles. The first-order valence-electron chi connectivity index (χ1n) is 5.72. The lowest BCUT2D eigenvalue weighted by Gasteiger charge is -2.21. The number of nitrogens with one attached hydrogen (secondary N) is 1. The molecule has 0 aliphatic carbocycles. The summed E-state index contributed by atoms with van der Waals surface area (Å²) in [5.74, 6) is -2.82. The molecular formula is C10H15ClN4O5. The fourth-order valence-corrected chi connectivity index (χ4v) is 2.42. The lowest BCUT2D eigenvalue weighted by molar-refractivity contribution is -0.142. The van der Waals surface area contributed by atoms with Crippen molar-refractivity contribution in [3.8, 4) is 0 Å². The van der Waals surface area contributed by atoms with Gasteiger partial charge in [-0.3, -0.25) is 9.59 Å². The Hall–Kier alpha value is -1.71. The smallest absolute Gasteiger partial charge is 0.321 e. The number of carbonyl (C=O) groups is 2. The van der Waals surface area contributed by atoms with Crippen LogP contribution in [0.5, 0.6) is 0 Å². The molecule has 1 aliphatic rings. The molecule has 1 aliphatic heterocycles. The van der Waals surface area contributed by atoms with E-state index in [0.717, 1.165) is 0 Å². The zero-order valence-corrected chi connectivity index (χ0v) is 11.2. The third kappa shape index (κ3) is 3.06. The van der Waals surface area contributed by atoms with Crippen LogP contribution in [-0.4, -0.2) is 54.8 Å². The summed E-state index contributed by atoms with van der Waals surface area (Å²) >= 11 is 0. The number of rotatable bonds is 5. The van der Waals surface area contributed by atoms with Gasteiger partial charge >= 0.3 is 11.9 Å². The highest BCUT2D eigenvalue weighted by Gasteiger charge is 2.43. The highest BCUT2D eigenvalue weighted by Crippen LogP contribution is 2.30. The van der Waals surface area contributed by atoms with Crippen LogP contribution in [0.2, 0.25) is 0 Å². The third-order valence-corrected chi connectivity index (χ3v) is 3.27. The van der Waals surface area contributed by atoms with Crippen LogP contribution in [0.1, 0.15) is 18.2 Å². The van der Waals surface area contributed by atoms with Crippen LogP contribution in [0.15, 0.2) is 6.20 Å². The Morgan fingerprint density at radius 1 is 1.45 bits per heavy atom. The van der Waals surface area contributed by atoms with E-state index >= 15 is 0 Å². The first-order valence-corrected chi connectivity index (χ1v) is 5.72. The first-order chi connectivity index (χ1) is 9.04. The number of carboxylic acid groups (broad SMARTS) is 2. The van der Waals surface area contributed by atoms with Crippen LogP contribution in [0, 0.1) is 5.92 Å². The third-order valence-electron chi connectivity index (χ3n) is 3.27. The van der Waals surface area contributed by atoms with Crippen molar-refractivity contribution in [3.63, 3.8) is 0 Å². The number of aromatic nitrogens is 3. The molecule has 0 bridgehead atoms. The maximum Gasteiger partial charge on any atom is 0.321 e. The molecule has 0 unspecified atom stereocenters. The number of halogens is 1. The van der Waals surface area contributed by atoms with Gasteiger partial charge in [0.05, 0.1) is 31.0 Å². The molecule has 0 aromatic carbocycles. The SMILES string of the molecule is Cl.O=C(O)C[C@@H]1[C@@H](C(=O)O)NC[C@@H]1n1nncc1CO. The summed E-state index contributed by atoms with van der Waals surface area (Å²) in [5.41, 5.74) is 0.424. The van der Waals surface area contributed by atoms with Crippen molar-refractivity contribution >= 4 is 24.3 Å². The van der Waals surface area contributed by atoms with E-state index in [1.165, 1.54) is 10.9 Å². The van der Waals surface area contributed by atoms with Gasteiger partial charge in [-0.15, -0.1) is 17.5 Å². The Bertz CT molecular complexity index is 494. The normalized spacial score (nSPS) is 25.1. The number of hydrogen-bond donors (Lipinski definition) is 4. The predicted octanol–water partition coefficient (Wildman–Crippen LogP) is -1.12. The van der Waals surface area contributed by atoms with Gasteiger partial charge in [0, 0.05) is 12.5 Å². The van der Waals surface area contributed by atoms with Gasteiger partial charge in [-0.25, -0.2) is 4.68 Å². The minimum absolute atomic E-state index is 0. The molecule has 3 atom stereocenters. The quantitative estimate of drug-likeness (QED) is 0.537. The van der Waals surface area contributed by atoms with E-state index in [1.807, 2.05) is 0 Å². The van der Waals surface area contributed by atoms with Crippen molar-refractivity contribution in [3.05, 3.63) is 11.9 Å². The molecule has 0 spiro atoms. The van der Waals surface area contributed by atoms with Gasteiger partial charge in [-0.2, -0.15) is 0 Å². The number of nitrogens with zero attached hydrogens (tertiary/aromatic N) is 3. The van der Waals surface area contributed by atoms with Gasteiger partial charge in [-0.1, -0.05) is 5.21 Å². The standard InChI is InChI=1S/C10H14N4O5.ClH/c15-4-5-2-12-13-14(5)7-3-11-9(10(18)19)6(7)1-8(16)17;/h2,6-7,9,11,15H,1,3-4H2,(H,16,17)(H,18,19);1H/t6-,7-,9-;/m0./s1. The molecule has 4 N–H and O–H groups in total. The van der Waals surface area contributed by atoms with E-state index in [2.05, 4.69) is 15.6 Å². The lowest BCUT2D eigenvalue weighted by atomic mass is 9.93. The van der Waals surface area contributed by atoms with E-state index in [-0.39, 0.29) is 32.0 Å². The van der Waals surface area contributed by atoms with E-state index in [1.54, 1.807) is 0 Å². The Labute approximate surface area is 120 Å². The highest BCUT2D eigenvalue weighted by molar-refractivity contribution is 5.85. The molecule has 0 saturated carbocycles. The Kier molecular flexibility index (Phi) is 5.43.